The molecule has 4 rings (SSSR count). The van der Waals surface area contributed by atoms with Crippen molar-refractivity contribution < 1.29 is 26.8 Å². The molecule has 0 saturated heterocycles. The van der Waals surface area contributed by atoms with Gasteiger partial charge in [0, 0.05) is 12.2 Å². The highest BCUT2D eigenvalue weighted by Crippen LogP contribution is 2.33. The first-order valence-electron chi connectivity index (χ1n) is 9.32. The molecule has 0 unspecified atom stereocenters. The van der Waals surface area contributed by atoms with Gasteiger partial charge in [0.15, 0.2) is 17.3 Å². The van der Waals surface area contributed by atoms with Crippen LogP contribution in [0.5, 0.6) is 5.75 Å². The number of hydrogen-bond acceptors (Lipinski definition) is 5. The topological polar surface area (TPSA) is 88.9 Å². The maximum absolute atomic E-state index is 14.1. The summed E-state index contributed by atoms with van der Waals surface area (Å²) in [7, 11) is -4.03. The van der Waals surface area contributed by atoms with Gasteiger partial charge in [-0.2, -0.15) is 0 Å². The third-order valence-electron chi connectivity index (χ3n) is 4.72. The third kappa shape index (κ3) is 3.76. The summed E-state index contributed by atoms with van der Waals surface area (Å²) in [5.41, 5.74) is 1.79. The number of carbonyl (C=O) groups excluding carboxylic acids is 1. The van der Waals surface area contributed by atoms with E-state index in [0.717, 1.165) is 11.6 Å². The van der Waals surface area contributed by atoms with Crippen molar-refractivity contribution in [3.8, 4) is 5.75 Å². The Morgan fingerprint density at radius 3 is 2.77 bits per heavy atom. The molecule has 1 N–H and O–H groups in total. The Balaban J connectivity index is 1.59. The van der Waals surface area contributed by atoms with Crippen molar-refractivity contribution in [1.82, 2.24) is 0 Å². The molecular weight excluding hydrogens is 411 g/mol. The number of anilines is 2. The van der Waals surface area contributed by atoms with Gasteiger partial charge in [0.25, 0.3) is 15.9 Å². The second-order valence-electron chi connectivity index (χ2n) is 6.66. The Bertz CT molecular complexity index is 1190. The van der Waals surface area contributed by atoms with Crippen LogP contribution in [0.2, 0.25) is 0 Å². The van der Waals surface area contributed by atoms with E-state index in [9.17, 15) is 17.6 Å². The minimum absolute atomic E-state index is 0.0129. The quantitative estimate of drug-likeness (QED) is 0.642. The SMILES string of the molecule is CCOc1ccc(S(=O)(=O)Nc2ccc3c(c2)N(C(=O)c2ccco2)CC3)cc1F. The van der Waals surface area contributed by atoms with Crippen LogP contribution in [0.15, 0.2) is 64.1 Å². The van der Waals surface area contributed by atoms with Gasteiger partial charge in [-0.25, -0.2) is 12.8 Å². The molecule has 0 radical (unpaired) electrons. The predicted octanol–water partition coefficient (Wildman–Crippen LogP) is 3.82. The molecule has 1 aliphatic rings. The molecule has 7 nitrogen and oxygen atoms in total. The van der Waals surface area contributed by atoms with Crippen LogP contribution in [0.1, 0.15) is 23.0 Å². The van der Waals surface area contributed by atoms with Gasteiger partial charge < -0.3 is 14.1 Å². The minimum atomic E-state index is -4.03. The molecule has 1 amide bonds. The molecule has 0 aliphatic carbocycles. The van der Waals surface area contributed by atoms with Gasteiger partial charge in [0.05, 0.1) is 23.5 Å². The predicted molar refractivity (Wildman–Crippen MR) is 109 cm³/mol. The van der Waals surface area contributed by atoms with Gasteiger partial charge in [-0.1, -0.05) is 6.07 Å². The van der Waals surface area contributed by atoms with Crippen LogP contribution in [-0.2, 0) is 16.4 Å². The summed E-state index contributed by atoms with van der Waals surface area (Å²) >= 11 is 0. The zero-order valence-corrected chi connectivity index (χ0v) is 16.9. The lowest BCUT2D eigenvalue weighted by Crippen LogP contribution is -2.28. The van der Waals surface area contributed by atoms with E-state index in [1.165, 1.54) is 18.4 Å². The number of benzene rings is 2. The molecule has 2 aromatic carbocycles. The van der Waals surface area contributed by atoms with E-state index >= 15 is 0 Å². The lowest BCUT2D eigenvalue weighted by Gasteiger charge is -2.17. The van der Waals surface area contributed by atoms with Crippen molar-refractivity contribution in [1.29, 1.82) is 0 Å². The second-order valence-corrected chi connectivity index (χ2v) is 8.34. The van der Waals surface area contributed by atoms with Gasteiger partial charge >= 0.3 is 0 Å². The van der Waals surface area contributed by atoms with E-state index < -0.39 is 15.8 Å². The first kappa shape index (κ1) is 20.0. The van der Waals surface area contributed by atoms with Crippen molar-refractivity contribution >= 4 is 27.3 Å². The number of rotatable bonds is 6. The number of hydrogen-bond donors (Lipinski definition) is 1. The molecule has 0 bridgehead atoms. The summed E-state index contributed by atoms with van der Waals surface area (Å²) < 4.78 is 52.2. The molecule has 1 aliphatic heterocycles. The van der Waals surface area contributed by atoms with Crippen molar-refractivity contribution in [2.24, 2.45) is 0 Å². The van der Waals surface area contributed by atoms with Crippen molar-refractivity contribution in [3.05, 3.63) is 71.9 Å². The van der Waals surface area contributed by atoms with Crippen molar-refractivity contribution in [3.63, 3.8) is 0 Å². The molecule has 2 heterocycles. The van der Waals surface area contributed by atoms with Crippen LogP contribution < -0.4 is 14.4 Å². The van der Waals surface area contributed by atoms with E-state index in [1.54, 1.807) is 42.2 Å². The van der Waals surface area contributed by atoms with Gasteiger partial charge in [-0.15, -0.1) is 0 Å². The lowest BCUT2D eigenvalue weighted by atomic mass is 10.1. The Morgan fingerprint density at radius 1 is 1.23 bits per heavy atom. The average Bonchev–Trinajstić information content (AvgIpc) is 3.38. The molecular formula is C21H19FN2O5S. The largest absolute Gasteiger partial charge is 0.491 e. The number of nitrogens with one attached hydrogen (secondary N) is 1. The molecule has 1 aromatic heterocycles. The fraction of sp³-hybridized carbons (Fsp3) is 0.190. The Kier molecular flexibility index (Phi) is 5.21. The van der Waals surface area contributed by atoms with Gasteiger partial charge in [-0.05, 0) is 61.4 Å². The normalized spacial score (nSPS) is 13.2. The van der Waals surface area contributed by atoms with Gasteiger partial charge in [0.1, 0.15) is 0 Å². The summed E-state index contributed by atoms with van der Waals surface area (Å²) in [6.07, 6.45) is 2.07. The number of nitrogens with zero attached hydrogens (tertiary/aromatic N) is 1. The number of halogens is 1. The lowest BCUT2D eigenvalue weighted by molar-refractivity contribution is 0.0963. The Hall–Kier alpha value is -3.33. The van der Waals surface area contributed by atoms with E-state index in [4.69, 9.17) is 9.15 Å². The smallest absolute Gasteiger partial charge is 0.293 e. The van der Waals surface area contributed by atoms with Crippen LogP contribution >= 0.6 is 0 Å². The zero-order chi connectivity index (χ0) is 21.3. The highest BCUT2D eigenvalue weighted by Gasteiger charge is 2.28. The average molecular weight is 430 g/mol. The number of ether oxygens (including phenoxy) is 1. The number of amides is 1. The fourth-order valence-electron chi connectivity index (χ4n) is 3.32. The van der Waals surface area contributed by atoms with Crippen molar-refractivity contribution in [2.75, 3.05) is 22.8 Å². The summed E-state index contributed by atoms with van der Waals surface area (Å²) in [6, 6.07) is 11.6. The molecule has 30 heavy (non-hydrogen) atoms. The number of carbonyl (C=O) groups is 1. The molecule has 3 aromatic rings. The minimum Gasteiger partial charge on any atom is -0.491 e. The van der Waals surface area contributed by atoms with E-state index in [-0.39, 0.29) is 34.6 Å². The van der Waals surface area contributed by atoms with Gasteiger partial charge in [-0.3, -0.25) is 9.52 Å². The second kappa shape index (κ2) is 7.83. The van der Waals surface area contributed by atoms with E-state index in [0.29, 0.717) is 18.7 Å². The van der Waals surface area contributed by atoms with Crippen LogP contribution in [0.25, 0.3) is 0 Å². The summed E-state index contributed by atoms with van der Waals surface area (Å²) in [5, 5.41) is 0. The summed E-state index contributed by atoms with van der Waals surface area (Å²) in [5.74, 6) is -0.865. The first-order valence-corrected chi connectivity index (χ1v) is 10.8. The number of sulfonamides is 1. The Morgan fingerprint density at radius 2 is 2.07 bits per heavy atom. The zero-order valence-electron chi connectivity index (χ0n) is 16.1. The van der Waals surface area contributed by atoms with Crippen LogP contribution in [0.3, 0.4) is 0 Å². The molecule has 0 fully saturated rings. The Labute approximate surface area is 173 Å². The fourth-order valence-corrected chi connectivity index (χ4v) is 4.38. The maximum Gasteiger partial charge on any atom is 0.293 e. The molecule has 0 saturated carbocycles. The summed E-state index contributed by atoms with van der Waals surface area (Å²) in [6.45, 7) is 2.44. The van der Waals surface area contributed by atoms with Crippen LogP contribution in [-0.4, -0.2) is 27.5 Å². The van der Waals surface area contributed by atoms with E-state index in [1.807, 2.05) is 0 Å². The van der Waals surface area contributed by atoms with Crippen molar-refractivity contribution in [2.45, 2.75) is 18.2 Å². The number of fused-ring (bicyclic) bond motifs is 1. The van der Waals surface area contributed by atoms with E-state index in [2.05, 4.69) is 4.72 Å². The highest BCUT2D eigenvalue weighted by atomic mass is 32.2. The van der Waals surface area contributed by atoms with Gasteiger partial charge in [0.2, 0.25) is 0 Å². The third-order valence-corrected chi connectivity index (χ3v) is 6.10. The molecule has 0 atom stereocenters. The molecule has 0 spiro atoms. The molecule has 9 heteroatoms. The standard InChI is InChI=1S/C21H19FN2O5S/c1-2-28-19-8-7-16(13-17(19)22)30(26,27)23-15-6-5-14-9-10-24(18(14)12-15)21(25)20-4-3-11-29-20/h3-8,11-13,23H,2,9-10H2,1H3. The maximum atomic E-state index is 14.1. The van der Waals surface area contributed by atoms with Crippen LogP contribution in [0.4, 0.5) is 15.8 Å². The summed E-state index contributed by atoms with van der Waals surface area (Å²) in [4.78, 5) is 14.0. The molecule has 156 valence electrons. The van der Waals surface area contributed by atoms with Crippen LogP contribution in [0, 0.1) is 5.82 Å². The number of furan rings is 1. The monoisotopic (exact) mass is 430 g/mol. The first-order chi connectivity index (χ1) is 14.4. The highest BCUT2D eigenvalue weighted by molar-refractivity contribution is 7.92.